The normalized spacial score (nSPS) is 10.4. The summed E-state index contributed by atoms with van der Waals surface area (Å²) in [6, 6.07) is 11.4. The lowest BCUT2D eigenvalue weighted by Gasteiger charge is -2.10. The summed E-state index contributed by atoms with van der Waals surface area (Å²) in [7, 11) is 0. The van der Waals surface area contributed by atoms with Crippen LogP contribution < -0.4 is 10.1 Å². The molecule has 0 aliphatic rings. The molecule has 0 saturated carbocycles. The van der Waals surface area contributed by atoms with Crippen LogP contribution in [0.2, 0.25) is 0 Å². The van der Waals surface area contributed by atoms with Gasteiger partial charge >= 0.3 is 0 Å². The highest BCUT2D eigenvalue weighted by molar-refractivity contribution is 5.78. The van der Waals surface area contributed by atoms with Crippen molar-refractivity contribution in [3.63, 3.8) is 0 Å². The average molecular weight is 284 g/mol. The maximum Gasteiger partial charge on any atom is 0.224 e. The smallest absolute Gasteiger partial charge is 0.224 e. The number of pyridine rings is 1. The van der Waals surface area contributed by atoms with Crippen LogP contribution in [0.25, 0.3) is 0 Å². The van der Waals surface area contributed by atoms with Crippen molar-refractivity contribution in [3.8, 4) is 5.75 Å². The lowest BCUT2D eigenvalue weighted by molar-refractivity contribution is -0.120. The standard InChI is InChI=1S/C17H20N2O2/c1-13(2)21-16-5-3-14(4-6-16)11-17(20)19-12-15-7-9-18-10-8-15/h3-10,13H,11-12H2,1-2H3,(H,19,20). The minimum Gasteiger partial charge on any atom is -0.491 e. The van der Waals surface area contributed by atoms with Crippen molar-refractivity contribution in [1.29, 1.82) is 0 Å². The van der Waals surface area contributed by atoms with Crippen LogP contribution in [0.15, 0.2) is 48.8 Å². The topological polar surface area (TPSA) is 51.2 Å². The average Bonchev–Trinajstić information content (AvgIpc) is 2.48. The van der Waals surface area contributed by atoms with E-state index in [0.717, 1.165) is 16.9 Å². The molecule has 4 heteroatoms. The number of ether oxygens (including phenoxy) is 1. The Morgan fingerprint density at radius 2 is 1.76 bits per heavy atom. The zero-order valence-corrected chi connectivity index (χ0v) is 12.4. The van der Waals surface area contributed by atoms with E-state index in [1.807, 2.05) is 50.2 Å². The molecule has 110 valence electrons. The van der Waals surface area contributed by atoms with Gasteiger partial charge in [-0.25, -0.2) is 0 Å². The summed E-state index contributed by atoms with van der Waals surface area (Å²) in [5.74, 6) is 0.829. The highest BCUT2D eigenvalue weighted by Crippen LogP contribution is 2.14. The van der Waals surface area contributed by atoms with Gasteiger partial charge in [0.25, 0.3) is 0 Å². The van der Waals surface area contributed by atoms with Gasteiger partial charge in [0.1, 0.15) is 5.75 Å². The lowest BCUT2D eigenvalue weighted by atomic mass is 10.1. The predicted molar refractivity (Wildman–Crippen MR) is 82.0 cm³/mol. The van der Waals surface area contributed by atoms with Crippen molar-refractivity contribution in [2.24, 2.45) is 0 Å². The third-order valence-corrected chi connectivity index (χ3v) is 2.90. The van der Waals surface area contributed by atoms with E-state index in [9.17, 15) is 4.79 Å². The number of rotatable bonds is 6. The maximum atomic E-state index is 11.9. The molecule has 0 spiro atoms. The number of carbonyl (C=O) groups excluding carboxylic acids is 1. The van der Waals surface area contributed by atoms with E-state index < -0.39 is 0 Å². The van der Waals surface area contributed by atoms with E-state index in [-0.39, 0.29) is 12.0 Å². The summed E-state index contributed by atoms with van der Waals surface area (Å²) in [6.07, 6.45) is 3.95. The fourth-order valence-electron chi connectivity index (χ4n) is 1.91. The van der Waals surface area contributed by atoms with E-state index in [0.29, 0.717) is 13.0 Å². The molecule has 2 aromatic rings. The molecule has 0 atom stereocenters. The Balaban J connectivity index is 1.82. The van der Waals surface area contributed by atoms with Crippen molar-refractivity contribution in [1.82, 2.24) is 10.3 Å². The minimum atomic E-state index is 0.00402. The highest BCUT2D eigenvalue weighted by atomic mass is 16.5. The molecule has 1 N–H and O–H groups in total. The van der Waals surface area contributed by atoms with E-state index in [2.05, 4.69) is 10.3 Å². The summed E-state index contributed by atoms with van der Waals surface area (Å²) in [4.78, 5) is 15.8. The third-order valence-electron chi connectivity index (χ3n) is 2.90. The van der Waals surface area contributed by atoms with E-state index in [1.165, 1.54) is 0 Å². The Kier molecular flexibility index (Phi) is 5.32. The van der Waals surface area contributed by atoms with Crippen LogP contribution >= 0.6 is 0 Å². The van der Waals surface area contributed by atoms with Crippen LogP contribution in [-0.2, 0) is 17.8 Å². The van der Waals surface area contributed by atoms with Gasteiger partial charge in [0.2, 0.25) is 5.91 Å². The molecule has 0 aliphatic carbocycles. The fraction of sp³-hybridized carbons (Fsp3) is 0.294. The van der Waals surface area contributed by atoms with Gasteiger partial charge in [0.15, 0.2) is 0 Å². The molecule has 1 aromatic carbocycles. The summed E-state index contributed by atoms with van der Waals surface area (Å²) >= 11 is 0. The lowest BCUT2D eigenvalue weighted by Crippen LogP contribution is -2.24. The van der Waals surface area contributed by atoms with Crippen molar-refractivity contribution >= 4 is 5.91 Å². The van der Waals surface area contributed by atoms with E-state index in [1.54, 1.807) is 12.4 Å². The van der Waals surface area contributed by atoms with Gasteiger partial charge in [-0.1, -0.05) is 12.1 Å². The number of nitrogens with zero attached hydrogens (tertiary/aromatic N) is 1. The number of hydrogen-bond donors (Lipinski definition) is 1. The van der Waals surface area contributed by atoms with Gasteiger partial charge in [0, 0.05) is 18.9 Å². The van der Waals surface area contributed by atoms with Crippen molar-refractivity contribution in [2.75, 3.05) is 0 Å². The molecule has 0 fully saturated rings. The van der Waals surface area contributed by atoms with Crippen LogP contribution in [0.5, 0.6) is 5.75 Å². The molecule has 4 nitrogen and oxygen atoms in total. The van der Waals surface area contributed by atoms with Gasteiger partial charge in [0.05, 0.1) is 12.5 Å². The van der Waals surface area contributed by atoms with Crippen LogP contribution in [0.4, 0.5) is 0 Å². The van der Waals surface area contributed by atoms with Gasteiger partial charge in [-0.05, 0) is 49.2 Å². The van der Waals surface area contributed by atoms with Gasteiger partial charge in [-0.3, -0.25) is 9.78 Å². The zero-order valence-electron chi connectivity index (χ0n) is 12.4. The number of nitrogens with one attached hydrogen (secondary N) is 1. The summed E-state index contributed by atoms with van der Waals surface area (Å²) in [5, 5.41) is 2.90. The Labute approximate surface area is 125 Å². The van der Waals surface area contributed by atoms with Crippen LogP contribution in [0, 0.1) is 0 Å². The maximum absolute atomic E-state index is 11.9. The Morgan fingerprint density at radius 1 is 1.10 bits per heavy atom. The highest BCUT2D eigenvalue weighted by Gasteiger charge is 2.04. The molecule has 0 radical (unpaired) electrons. The molecule has 0 unspecified atom stereocenters. The number of carbonyl (C=O) groups is 1. The van der Waals surface area contributed by atoms with Crippen molar-refractivity contribution in [3.05, 3.63) is 59.9 Å². The first-order valence-electron chi connectivity index (χ1n) is 7.04. The molecule has 2 rings (SSSR count). The summed E-state index contributed by atoms with van der Waals surface area (Å²) < 4.78 is 5.57. The van der Waals surface area contributed by atoms with Gasteiger partial charge < -0.3 is 10.1 Å². The summed E-state index contributed by atoms with van der Waals surface area (Å²) in [5.41, 5.74) is 2.01. The third kappa shape index (κ3) is 5.26. The molecule has 1 amide bonds. The largest absolute Gasteiger partial charge is 0.491 e. The van der Waals surface area contributed by atoms with E-state index in [4.69, 9.17) is 4.74 Å². The zero-order chi connectivity index (χ0) is 15.1. The second-order valence-corrected chi connectivity index (χ2v) is 5.12. The molecular weight excluding hydrogens is 264 g/mol. The first kappa shape index (κ1) is 15.0. The number of amides is 1. The second kappa shape index (κ2) is 7.43. The molecule has 0 aliphatic heterocycles. The number of aromatic nitrogens is 1. The van der Waals surface area contributed by atoms with Crippen molar-refractivity contribution in [2.45, 2.75) is 32.9 Å². The fourth-order valence-corrected chi connectivity index (χ4v) is 1.91. The molecule has 1 heterocycles. The summed E-state index contributed by atoms with van der Waals surface area (Å²) in [6.45, 7) is 4.50. The molecule has 0 saturated heterocycles. The molecular formula is C17H20N2O2. The predicted octanol–water partition coefficient (Wildman–Crippen LogP) is 2.73. The van der Waals surface area contributed by atoms with Crippen LogP contribution in [0.1, 0.15) is 25.0 Å². The van der Waals surface area contributed by atoms with Crippen LogP contribution in [0.3, 0.4) is 0 Å². The van der Waals surface area contributed by atoms with Gasteiger partial charge in [-0.15, -0.1) is 0 Å². The molecule has 1 aromatic heterocycles. The molecule has 21 heavy (non-hydrogen) atoms. The number of benzene rings is 1. The molecule has 0 bridgehead atoms. The first-order valence-corrected chi connectivity index (χ1v) is 7.04. The Bertz CT molecular complexity index is 565. The van der Waals surface area contributed by atoms with Gasteiger partial charge in [-0.2, -0.15) is 0 Å². The van der Waals surface area contributed by atoms with Crippen LogP contribution in [-0.4, -0.2) is 17.0 Å². The second-order valence-electron chi connectivity index (χ2n) is 5.12. The van der Waals surface area contributed by atoms with Crippen molar-refractivity contribution < 1.29 is 9.53 Å². The first-order chi connectivity index (χ1) is 10.1. The number of hydrogen-bond acceptors (Lipinski definition) is 3. The quantitative estimate of drug-likeness (QED) is 0.887. The SMILES string of the molecule is CC(C)Oc1ccc(CC(=O)NCc2ccncc2)cc1. The Hall–Kier alpha value is -2.36. The minimum absolute atomic E-state index is 0.00402. The Morgan fingerprint density at radius 3 is 2.38 bits per heavy atom. The monoisotopic (exact) mass is 284 g/mol. The van der Waals surface area contributed by atoms with E-state index >= 15 is 0 Å².